The number of amides is 1. The first-order chi connectivity index (χ1) is 11.1. The molecular weight excluding hydrogens is 312 g/mol. The molecule has 0 aliphatic carbocycles. The Hall–Kier alpha value is -2.44. The predicted molar refractivity (Wildman–Crippen MR) is 90.9 cm³/mol. The van der Waals surface area contributed by atoms with Crippen molar-refractivity contribution in [1.29, 1.82) is 0 Å². The average Bonchev–Trinajstić information content (AvgIpc) is 2.93. The van der Waals surface area contributed by atoms with E-state index in [0.717, 1.165) is 15.2 Å². The van der Waals surface area contributed by atoms with Crippen LogP contribution in [0.2, 0.25) is 0 Å². The number of aromatic nitrogens is 1. The number of anilines is 1. The number of carbonyl (C=O) groups excluding carboxylic acids is 1. The zero-order valence-corrected chi connectivity index (χ0v) is 13.6. The van der Waals surface area contributed by atoms with Gasteiger partial charge in [-0.25, -0.2) is 4.98 Å². The number of aliphatic hydroxyl groups is 1. The number of ether oxygens (including phenoxy) is 1. The largest absolute Gasteiger partial charge is 0.494 e. The molecule has 5 nitrogen and oxygen atoms in total. The Kier molecular flexibility index (Phi) is 4.27. The number of aryl methyl sites for hydroxylation is 1. The number of methoxy groups -OCH3 is 1. The van der Waals surface area contributed by atoms with E-state index in [-0.39, 0.29) is 0 Å². The number of carbonyl (C=O) groups is 1. The third-order valence-corrected chi connectivity index (χ3v) is 4.37. The third kappa shape index (κ3) is 3.18. The van der Waals surface area contributed by atoms with Gasteiger partial charge in [-0.2, -0.15) is 0 Å². The van der Waals surface area contributed by atoms with Crippen LogP contribution in [0.3, 0.4) is 0 Å². The summed E-state index contributed by atoms with van der Waals surface area (Å²) in [5.74, 6) is 0.00602. The quantitative estimate of drug-likeness (QED) is 0.771. The van der Waals surface area contributed by atoms with Crippen LogP contribution in [0.5, 0.6) is 5.75 Å². The first-order valence-corrected chi connectivity index (χ1v) is 7.89. The van der Waals surface area contributed by atoms with Gasteiger partial charge in [0.1, 0.15) is 5.75 Å². The Morgan fingerprint density at radius 1 is 1.30 bits per heavy atom. The smallest absolute Gasteiger partial charge is 0.257 e. The standard InChI is InChI=1S/C17H16N2O3S/c1-10-18-13-8-14(22-2)12(9-15(13)23-10)19-17(21)16(20)11-6-4-3-5-7-11/h3-9,16,20H,1-2H3,(H,19,21). The van der Waals surface area contributed by atoms with Gasteiger partial charge >= 0.3 is 0 Å². The van der Waals surface area contributed by atoms with Gasteiger partial charge in [-0.05, 0) is 18.6 Å². The highest BCUT2D eigenvalue weighted by molar-refractivity contribution is 7.18. The van der Waals surface area contributed by atoms with Crippen LogP contribution in [0, 0.1) is 6.92 Å². The van der Waals surface area contributed by atoms with E-state index in [1.165, 1.54) is 18.4 Å². The number of thiazole rings is 1. The lowest BCUT2D eigenvalue weighted by molar-refractivity contribution is -0.124. The maximum absolute atomic E-state index is 12.3. The molecular formula is C17H16N2O3S. The minimum absolute atomic E-state index is 0.505. The lowest BCUT2D eigenvalue weighted by atomic mass is 10.1. The number of rotatable bonds is 4. The van der Waals surface area contributed by atoms with Gasteiger partial charge in [0.25, 0.3) is 5.91 Å². The van der Waals surface area contributed by atoms with Crippen molar-refractivity contribution in [3.8, 4) is 5.75 Å². The molecule has 0 radical (unpaired) electrons. The van der Waals surface area contributed by atoms with Gasteiger partial charge < -0.3 is 15.2 Å². The number of hydrogen-bond acceptors (Lipinski definition) is 5. The van der Waals surface area contributed by atoms with Gasteiger partial charge in [-0.3, -0.25) is 4.79 Å². The topological polar surface area (TPSA) is 71.5 Å². The van der Waals surface area contributed by atoms with Crippen molar-refractivity contribution < 1.29 is 14.6 Å². The number of nitrogens with zero attached hydrogens (tertiary/aromatic N) is 1. The van der Waals surface area contributed by atoms with Gasteiger partial charge in [0.2, 0.25) is 0 Å². The molecule has 0 aliphatic rings. The number of hydrogen-bond donors (Lipinski definition) is 2. The lowest BCUT2D eigenvalue weighted by Gasteiger charge is -2.14. The molecule has 1 amide bonds. The summed E-state index contributed by atoms with van der Waals surface area (Å²) in [6.07, 6.45) is -1.24. The first kappa shape index (κ1) is 15.5. The van der Waals surface area contributed by atoms with E-state index in [1.54, 1.807) is 30.3 Å². The van der Waals surface area contributed by atoms with Gasteiger partial charge in [-0.15, -0.1) is 11.3 Å². The van der Waals surface area contributed by atoms with E-state index in [1.807, 2.05) is 19.1 Å². The summed E-state index contributed by atoms with van der Waals surface area (Å²) in [7, 11) is 1.53. The highest BCUT2D eigenvalue weighted by atomic mass is 32.1. The molecule has 0 bridgehead atoms. The van der Waals surface area contributed by atoms with Crippen LogP contribution >= 0.6 is 11.3 Å². The maximum atomic E-state index is 12.3. The number of aliphatic hydroxyl groups excluding tert-OH is 1. The van der Waals surface area contributed by atoms with E-state index in [9.17, 15) is 9.90 Å². The second-order valence-electron chi connectivity index (χ2n) is 5.06. The van der Waals surface area contributed by atoms with E-state index < -0.39 is 12.0 Å². The van der Waals surface area contributed by atoms with E-state index >= 15 is 0 Å². The maximum Gasteiger partial charge on any atom is 0.257 e. The van der Waals surface area contributed by atoms with Crippen LogP contribution in [-0.2, 0) is 4.79 Å². The van der Waals surface area contributed by atoms with Crippen LogP contribution in [0.25, 0.3) is 10.2 Å². The van der Waals surface area contributed by atoms with Crippen LogP contribution in [-0.4, -0.2) is 23.1 Å². The molecule has 1 unspecified atom stereocenters. The molecule has 0 saturated heterocycles. The second-order valence-corrected chi connectivity index (χ2v) is 6.29. The molecule has 118 valence electrons. The zero-order chi connectivity index (χ0) is 16.4. The Bertz CT molecular complexity index is 846. The Labute approximate surface area is 137 Å². The molecule has 2 N–H and O–H groups in total. The van der Waals surface area contributed by atoms with Crippen LogP contribution in [0.1, 0.15) is 16.7 Å². The fourth-order valence-corrected chi connectivity index (χ4v) is 3.17. The van der Waals surface area contributed by atoms with Crippen LogP contribution in [0.4, 0.5) is 5.69 Å². The normalized spacial score (nSPS) is 12.1. The van der Waals surface area contributed by atoms with E-state index in [0.29, 0.717) is 17.0 Å². The summed E-state index contributed by atoms with van der Waals surface area (Å²) < 4.78 is 6.27. The number of benzene rings is 2. The molecule has 2 aromatic carbocycles. The van der Waals surface area contributed by atoms with Crippen molar-refractivity contribution in [3.05, 3.63) is 53.0 Å². The van der Waals surface area contributed by atoms with Crippen molar-refractivity contribution in [2.24, 2.45) is 0 Å². The highest BCUT2D eigenvalue weighted by Gasteiger charge is 2.19. The Morgan fingerprint density at radius 2 is 2.04 bits per heavy atom. The molecule has 3 aromatic rings. The zero-order valence-electron chi connectivity index (χ0n) is 12.7. The Balaban J connectivity index is 1.89. The van der Waals surface area contributed by atoms with Crippen molar-refractivity contribution in [1.82, 2.24) is 4.98 Å². The molecule has 23 heavy (non-hydrogen) atoms. The van der Waals surface area contributed by atoms with Crippen molar-refractivity contribution in [2.45, 2.75) is 13.0 Å². The molecule has 3 rings (SSSR count). The molecule has 1 heterocycles. The van der Waals surface area contributed by atoms with Crippen molar-refractivity contribution >= 4 is 33.1 Å². The molecule has 1 atom stereocenters. The van der Waals surface area contributed by atoms with Gasteiger partial charge in [-0.1, -0.05) is 30.3 Å². The predicted octanol–water partition coefficient (Wildman–Crippen LogP) is 3.29. The summed E-state index contributed by atoms with van der Waals surface area (Å²) in [6.45, 7) is 1.93. The minimum Gasteiger partial charge on any atom is -0.494 e. The molecule has 1 aromatic heterocycles. The summed E-state index contributed by atoms with van der Waals surface area (Å²) in [5, 5.41) is 13.8. The van der Waals surface area contributed by atoms with Crippen molar-refractivity contribution in [2.75, 3.05) is 12.4 Å². The van der Waals surface area contributed by atoms with Gasteiger partial charge in [0.15, 0.2) is 6.10 Å². The monoisotopic (exact) mass is 328 g/mol. The first-order valence-electron chi connectivity index (χ1n) is 7.07. The molecule has 0 fully saturated rings. The van der Waals surface area contributed by atoms with Crippen molar-refractivity contribution in [3.63, 3.8) is 0 Å². The SMILES string of the molecule is COc1cc2nc(C)sc2cc1NC(=O)C(O)c1ccccc1. The third-order valence-electron chi connectivity index (χ3n) is 3.44. The summed E-state index contributed by atoms with van der Waals surface area (Å²) in [6, 6.07) is 12.4. The van der Waals surface area contributed by atoms with Gasteiger partial charge in [0, 0.05) is 6.07 Å². The van der Waals surface area contributed by atoms with E-state index in [4.69, 9.17) is 4.74 Å². The molecule has 0 aliphatic heterocycles. The minimum atomic E-state index is -1.24. The number of nitrogens with one attached hydrogen (secondary N) is 1. The van der Waals surface area contributed by atoms with E-state index in [2.05, 4.69) is 10.3 Å². The second kappa shape index (κ2) is 6.36. The fraction of sp³-hybridized carbons (Fsp3) is 0.176. The molecule has 0 spiro atoms. The van der Waals surface area contributed by atoms with Crippen LogP contribution < -0.4 is 10.1 Å². The summed E-state index contributed by atoms with van der Waals surface area (Å²) in [5.41, 5.74) is 1.88. The van der Waals surface area contributed by atoms with Crippen LogP contribution in [0.15, 0.2) is 42.5 Å². The molecule has 6 heteroatoms. The summed E-state index contributed by atoms with van der Waals surface area (Å²) in [4.78, 5) is 16.7. The van der Waals surface area contributed by atoms with Gasteiger partial charge in [0.05, 0.1) is 28.0 Å². The average molecular weight is 328 g/mol. The summed E-state index contributed by atoms with van der Waals surface area (Å²) >= 11 is 1.54. The highest BCUT2D eigenvalue weighted by Crippen LogP contribution is 2.33. The number of fused-ring (bicyclic) bond motifs is 1. The fourth-order valence-electron chi connectivity index (χ4n) is 2.32. The Morgan fingerprint density at radius 3 is 2.74 bits per heavy atom. The molecule has 0 saturated carbocycles. The lowest BCUT2D eigenvalue weighted by Crippen LogP contribution is -2.21.